The van der Waals surface area contributed by atoms with E-state index in [0.29, 0.717) is 18.1 Å². The average Bonchev–Trinajstić information content (AvgIpc) is 2.18. The Morgan fingerprint density at radius 2 is 2.00 bits per heavy atom. The van der Waals surface area contributed by atoms with Crippen LogP contribution in [-0.4, -0.2) is 21.7 Å². The number of nitrogen functional groups attached to an aromatic ring is 1. The van der Waals surface area contributed by atoms with E-state index in [1.165, 1.54) is 12.8 Å². The first-order valence-electron chi connectivity index (χ1n) is 5.06. The van der Waals surface area contributed by atoms with Crippen LogP contribution < -0.4 is 5.73 Å². The summed E-state index contributed by atoms with van der Waals surface area (Å²) in [5, 5.41) is 8.79. The highest BCUT2D eigenvalue weighted by Crippen LogP contribution is 2.23. The topological polar surface area (TPSA) is 72.0 Å². The van der Waals surface area contributed by atoms with Gasteiger partial charge in [-0.2, -0.15) is 0 Å². The van der Waals surface area contributed by atoms with E-state index in [1.807, 2.05) is 0 Å². The summed E-state index contributed by atoms with van der Waals surface area (Å²) in [7, 11) is 0. The molecule has 1 aliphatic rings. The van der Waals surface area contributed by atoms with Crippen molar-refractivity contribution in [1.82, 2.24) is 9.97 Å². The van der Waals surface area contributed by atoms with Crippen LogP contribution in [-0.2, 0) is 19.3 Å². The summed E-state index contributed by atoms with van der Waals surface area (Å²) in [5.41, 5.74) is 8.05. The minimum absolute atomic E-state index is 0.0816. The lowest BCUT2D eigenvalue weighted by Crippen LogP contribution is -2.13. The quantitative estimate of drug-likeness (QED) is 0.716. The number of hydrogen-bond donors (Lipinski definition) is 2. The monoisotopic (exact) mass is 193 g/mol. The van der Waals surface area contributed by atoms with Crippen molar-refractivity contribution in [2.24, 2.45) is 0 Å². The molecule has 0 fully saturated rings. The normalized spacial score (nSPS) is 15.2. The third-order valence-electron chi connectivity index (χ3n) is 2.60. The molecule has 1 aromatic heterocycles. The van der Waals surface area contributed by atoms with Crippen molar-refractivity contribution >= 4 is 5.82 Å². The van der Waals surface area contributed by atoms with Gasteiger partial charge in [-0.25, -0.2) is 9.97 Å². The highest BCUT2D eigenvalue weighted by atomic mass is 16.3. The van der Waals surface area contributed by atoms with E-state index in [1.54, 1.807) is 0 Å². The Balaban J connectivity index is 2.36. The Morgan fingerprint density at radius 1 is 1.21 bits per heavy atom. The molecule has 1 aromatic rings. The molecule has 0 saturated carbocycles. The number of hydrogen-bond acceptors (Lipinski definition) is 4. The summed E-state index contributed by atoms with van der Waals surface area (Å²) in [5.74, 6) is 1.28. The van der Waals surface area contributed by atoms with E-state index in [2.05, 4.69) is 9.97 Å². The number of aromatic nitrogens is 2. The number of aliphatic hydroxyl groups excluding tert-OH is 1. The van der Waals surface area contributed by atoms with E-state index in [0.717, 1.165) is 24.1 Å². The molecule has 0 amide bonds. The second-order valence-electron chi connectivity index (χ2n) is 3.63. The zero-order chi connectivity index (χ0) is 9.97. The summed E-state index contributed by atoms with van der Waals surface area (Å²) < 4.78 is 0. The highest BCUT2D eigenvalue weighted by molar-refractivity contribution is 5.43. The molecule has 3 N–H and O–H groups in total. The predicted octanol–water partition coefficient (Wildman–Crippen LogP) is 0.472. The number of nitrogens with zero attached hydrogens (tertiary/aromatic N) is 2. The molecule has 0 aliphatic heterocycles. The largest absolute Gasteiger partial charge is 0.396 e. The first-order chi connectivity index (χ1) is 6.81. The van der Waals surface area contributed by atoms with Crippen molar-refractivity contribution in [2.45, 2.75) is 32.1 Å². The SMILES string of the molecule is Nc1nc(CCO)nc2c1CCCC2. The Bertz CT molecular complexity index is 338. The summed E-state index contributed by atoms with van der Waals surface area (Å²) in [6, 6.07) is 0. The van der Waals surface area contributed by atoms with Gasteiger partial charge in [0.2, 0.25) is 0 Å². The molecule has 0 unspecified atom stereocenters. The number of aryl methyl sites for hydroxylation is 1. The summed E-state index contributed by atoms with van der Waals surface area (Å²) in [4.78, 5) is 8.60. The van der Waals surface area contributed by atoms with Gasteiger partial charge in [0.25, 0.3) is 0 Å². The molecular formula is C10H15N3O. The van der Waals surface area contributed by atoms with Crippen LogP contribution >= 0.6 is 0 Å². The van der Waals surface area contributed by atoms with Gasteiger partial charge in [-0.05, 0) is 25.7 Å². The van der Waals surface area contributed by atoms with Crippen LogP contribution in [0, 0.1) is 0 Å². The first kappa shape index (κ1) is 9.40. The Hall–Kier alpha value is -1.16. The lowest BCUT2D eigenvalue weighted by atomic mass is 9.96. The number of nitrogens with two attached hydrogens (primary N) is 1. The summed E-state index contributed by atoms with van der Waals surface area (Å²) >= 11 is 0. The van der Waals surface area contributed by atoms with Gasteiger partial charge in [0.1, 0.15) is 11.6 Å². The van der Waals surface area contributed by atoms with Crippen LogP contribution in [0.3, 0.4) is 0 Å². The lowest BCUT2D eigenvalue weighted by Gasteiger charge is -2.16. The van der Waals surface area contributed by atoms with Crippen LogP contribution in [0.2, 0.25) is 0 Å². The molecule has 1 heterocycles. The van der Waals surface area contributed by atoms with E-state index in [4.69, 9.17) is 10.8 Å². The van der Waals surface area contributed by atoms with Crippen molar-refractivity contribution in [3.63, 3.8) is 0 Å². The third-order valence-corrected chi connectivity index (χ3v) is 2.60. The van der Waals surface area contributed by atoms with Crippen LogP contribution in [0.15, 0.2) is 0 Å². The Labute approximate surface area is 83.2 Å². The molecule has 0 bridgehead atoms. The van der Waals surface area contributed by atoms with Crippen LogP contribution in [0.25, 0.3) is 0 Å². The minimum Gasteiger partial charge on any atom is -0.396 e. The van der Waals surface area contributed by atoms with Gasteiger partial charge in [-0.15, -0.1) is 0 Å². The number of rotatable bonds is 2. The van der Waals surface area contributed by atoms with Crippen LogP contribution in [0.4, 0.5) is 5.82 Å². The van der Waals surface area contributed by atoms with Crippen molar-refractivity contribution in [3.8, 4) is 0 Å². The molecule has 0 atom stereocenters. The molecule has 14 heavy (non-hydrogen) atoms. The fraction of sp³-hybridized carbons (Fsp3) is 0.600. The summed E-state index contributed by atoms with van der Waals surface area (Å²) in [6.07, 6.45) is 4.86. The van der Waals surface area contributed by atoms with Crippen LogP contribution in [0.5, 0.6) is 0 Å². The first-order valence-corrected chi connectivity index (χ1v) is 5.06. The fourth-order valence-electron chi connectivity index (χ4n) is 1.89. The Kier molecular flexibility index (Phi) is 2.63. The molecule has 4 nitrogen and oxygen atoms in total. The number of fused-ring (bicyclic) bond motifs is 1. The van der Waals surface area contributed by atoms with Gasteiger partial charge < -0.3 is 10.8 Å². The maximum absolute atomic E-state index is 8.79. The average molecular weight is 193 g/mol. The minimum atomic E-state index is 0.0816. The predicted molar refractivity (Wildman–Crippen MR) is 53.9 cm³/mol. The molecule has 2 rings (SSSR count). The molecule has 0 saturated heterocycles. The zero-order valence-corrected chi connectivity index (χ0v) is 8.16. The van der Waals surface area contributed by atoms with Gasteiger partial charge in [-0.1, -0.05) is 0 Å². The van der Waals surface area contributed by atoms with E-state index >= 15 is 0 Å². The molecule has 4 heteroatoms. The standard InChI is InChI=1S/C10H15N3O/c11-10-7-3-1-2-4-8(7)12-9(13-10)5-6-14/h14H,1-6H2,(H2,11,12,13). The molecule has 0 aromatic carbocycles. The van der Waals surface area contributed by atoms with Gasteiger partial charge in [-0.3, -0.25) is 0 Å². The van der Waals surface area contributed by atoms with Crippen molar-refractivity contribution in [1.29, 1.82) is 0 Å². The molecule has 0 radical (unpaired) electrons. The van der Waals surface area contributed by atoms with Crippen molar-refractivity contribution in [3.05, 3.63) is 17.1 Å². The maximum atomic E-state index is 8.79. The highest BCUT2D eigenvalue weighted by Gasteiger charge is 2.15. The van der Waals surface area contributed by atoms with Crippen molar-refractivity contribution < 1.29 is 5.11 Å². The van der Waals surface area contributed by atoms with Gasteiger partial charge in [0, 0.05) is 17.7 Å². The van der Waals surface area contributed by atoms with E-state index < -0.39 is 0 Å². The van der Waals surface area contributed by atoms with Gasteiger partial charge in [0.15, 0.2) is 0 Å². The molecule has 0 spiro atoms. The number of aliphatic hydroxyl groups is 1. The van der Waals surface area contributed by atoms with E-state index in [9.17, 15) is 0 Å². The summed E-state index contributed by atoms with van der Waals surface area (Å²) in [6.45, 7) is 0.0816. The van der Waals surface area contributed by atoms with Crippen molar-refractivity contribution in [2.75, 3.05) is 12.3 Å². The maximum Gasteiger partial charge on any atom is 0.133 e. The lowest BCUT2D eigenvalue weighted by molar-refractivity contribution is 0.296. The van der Waals surface area contributed by atoms with Crippen LogP contribution in [0.1, 0.15) is 29.9 Å². The van der Waals surface area contributed by atoms with Gasteiger partial charge in [0.05, 0.1) is 6.61 Å². The van der Waals surface area contributed by atoms with Gasteiger partial charge >= 0.3 is 0 Å². The molecule has 76 valence electrons. The number of anilines is 1. The molecule has 1 aliphatic carbocycles. The fourth-order valence-corrected chi connectivity index (χ4v) is 1.89. The molecular weight excluding hydrogens is 178 g/mol. The van der Waals surface area contributed by atoms with E-state index in [-0.39, 0.29) is 6.61 Å². The zero-order valence-electron chi connectivity index (χ0n) is 8.16. The third kappa shape index (κ3) is 1.70. The smallest absolute Gasteiger partial charge is 0.133 e. The second-order valence-corrected chi connectivity index (χ2v) is 3.63. The second kappa shape index (κ2) is 3.92. The Morgan fingerprint density at radius 3 is 2.79 bits per heavy atom.